The van der Waals surface area contributed by atoms with Crippen LogP contribution in [0.15, 0.2) is 0 Å². The van der Waals surface area contributed by atoms with Crippen molar-refractivity contribution >= 4 is 29.5 Å². The molecule has 0 radical (unpaired) electrons. The van der Waals surface area contributed by atoms with Gasteiger partial charge in [-0.3, -0.25) is 9.59 Å². The molecule has 1 heterocycles. The molecule has 0 bridgehead atoms. The fraction of sp³-hybridized carbons (Fsp3) is 0.786. The number of carbonyl (C=O) groups excluding carboxylic acids is 2. The smallest absolute Gasteiger partial charge is 0.327 e. The molecule has 1 unspecified atom stereocenters. The van der Waals surface area contributed by atoms with Gasteiger partial charge in [-0.2, -0.15) is 11.8 Å². The van der Waals surface area contributed by atoms with E-state index in [9.17, 15) is 14.4 Å². The van der Waals surface area contributed by atoms with Gasteiger partial charge in [0.2, 0.25) is 11.8 Å². The van der Waals surface area contributed by atoms with E-state index in [4.69, 9.17) is 5.11 Å². The molecule has 1 atom stereocenters. The molecule has 0 aromatic carbocycles. The van der Waals surface area contributed by atoms with Gasteiger partial charge in [-0.05, 0) is 12.8 Å². The second kappa shape index (κ2) is 7.68. The molecule has 21 heavy (non-hydrogen) atoms. The largest absolute Gasteiger partial charge is 0.480 e. The van der Waals surface area contributed by atoms with Gasteiger partial charge in [0.15, 0.2) is 0 Å². The molecule has 1 saturated carbocycles. The molecule has 2 fully saturated rings. The molecule has 7 heteroatoms. The molecule has 118 valence electrons. The summed E-state index contributed by atoms with van der Waals surface area (Å²) in [7, 11) is 0. The average Bonchev–Trinajstić information content (AvgIpc) is 3.01. The number of aliphatic carboxylic acids is 1. The van der Waals surface area contributed by atoms with Crippen LogP contribution in [-0.2, 0) is 14.4 Å². The second-order valence-electron chi connectivity index (χ2n) is 5.54. The van der Waals surface area contributed by atoms with E-state index in [0.717, 1.165) is 31.4 Å². The Morgan fingerprint density at radius 1 is 1.24 bits per heavy atom. The molecule has 0 spiro atoms. The van der Waals surface area contributed by atoms with E-state index in [2.05, 4.69) is 5.32 Å². The van der Waals surface area contributed by atoms with Gasteiger partial charge in [0.05, 0.1) is 0 Å². The highest BCUT2D eigenvalue weighted by Crippen LogP contribution is 2.24. The maximum Gasteiger partial charge on any atom is 0.327 e. The number of rotatable bonds is 5. The highest BCUT2D eigenvalue weighted by atomic mass is 32.2. The summed E-state index contributed by atoms with van der Waals surface area (Å²) in [5, 5.41) is 11.9. The van der Waals surface area contributed by atoms with Gasteiger partial charge < -0.3 is 15.3 Å². The molecule has 1 saturated heterocycles. The zero-order valence-electron chi connectivity index (χ0n) is 12.0. The number of nitrogens with zero attached hydrogens (tertiary/aromatic N) is 1. The van der Waals surface area contributed by atoms with Gasteiger partial charge >= 0.3 is 5.97 Å². The Hall–Kier alpha value is -1.24. The molecule has 2 rings (SSSR count). The van der Waals surface area contributed by atoms with E-state index < -0.39 is 12.0 Å². The fourth-order valence-electron chi connectivity index (χ4n) is 2.88. The lowest BCUT2D eigenvalue weighted by Gasteiger charge is -2.32. The van der Waals surface area contributed by atoms with Crippen molar-refractivity contribution in [2.75, 3.05) is 24.6 Å². The van der Waals surface area contributed by atoms with Crippen LogP contribution in [0.25, 0.3) is 0 Å². The van der Waals surface area contributed by atoms with Crippen LogP contribution in [0, 0.1) is 5.92 Å². The van der Waals surface area contributed by atoms with Crippen LogP contribution >= 0.6 is 11.8 Å². The van der Waals surface area contributed by atoms with E-state index in [1.54, 1.807) is 11.8 Å². The van der Waals surface area contributed by atoms with Crippen molar-refractivity contribution in [3.8, 4) is 0 Å². The second-order valence-corrected chi connectivity index (χ2v) is 6.69. The first-order valence-corrected chi connectivity index (χ1v) is 8.63. The third-order valence-electron chi connectivity index (χ3n) is 4.10. The Morgan fingerprint density at radius 2 is 1.95 bits per heavy atom. The molecule has 1 aliphatic heterocycles. The monoisotopic (exact) mass is 314 g/mol. The minimum Gasteiger partial charge on any atom is -0.480 e. The van der Waals surface area contributed by atoms with Crippen LogP contribution < -0.4 is 5.32 Å². The van der Waals surface area contributed by atoms with Crippen LogP contribution in [0.3, 0.4) is 0 Å². The fourth-order valence-corrected chi connectivity index (χ4v) is 3.91. The summed E-state index contributed by atoms with van der Waals surface area (Å²) in [6, 6.07) is -0.734. The molecule has 6 nitrogen and oxygen atoms in total. The van der Waals surface area contributed by atoms with Crippen molar-refractivity contribution in [2.24, 2.45) is 5.92 Å². The summed E-state index contributed by atoms with van der Waals surface area (Å²) in [6.07, 6.45) is 4.24. The Kier molecular flexibility index (Phi) is 5.90. The summed E-state index contributed by atoms with van der Waals surface area (Å²) in [5.74, 6) is 0.196. The Morgan fingerprint density at radius 3 is 2.62 bits per heavy atom. The van der Waals surface area contributed by atoms with Crippen LogP contribution in [-0.4, -0.2) is 58.4 Å². The highest BCUT2D eigenvalue weighted by Gasteiger charge is 2.32. The molecular formula is C14H22N2O4S. The maximum atomic E-state index is 12.1. The number of carboxylic acids is 1. The van der Waals surface area contributed by atoms with Crippen LogP contribution in [0.5, 0.6) is 0 Å². The Bertz CT molecular complexity index is 410. The number of hydrogen-bond acceptors (Lipinski definition) is 4. The first-order chi connectivity index (χ1) is 10.1. The van der Waals surface area contributed by atoms with Crippen LogP contribution in [0.1, 0.15) is 32.1 Å². The molecule has 0 aromatic rings. The average molecular weight is 314 g/mol. The molecule has 0 aromatic heterocycles. The van der Waals surface area contributed by atoms with Gasteiger partial charge in [-0.1, -0.05) is 12.8 Å². The quantitative estimate of drug-likeness (QED) is 0.780. The van der Waals surface area contributed by atoms with Crippen LogP contribution in [0.2, 0.25) is 0 Å². The van der Waals surface area contributed by atoms with Gasteiger partial charge in [-0.15, -0.1) is 0 Å². The van der Waals surface area contributed by atoms with E-state index in [-0.39, 0.29) is 24.2 Å². The van der Waals surface area contributed by atoms with Crippen molar-refractivity contribution in [1.29, 1.82) is 0 Å². The molecular weight excluding hydrogens is 292 g/mol. The van der Waals surface area contributed by atoms with Crippen molar-refractivity contribution in [1.82, 2.24) is 10.2 Å². The predicted octanol–water partition coefficient (Wildman–Crippen LogP) is 0.711. The molecule has 2 aliphatic rings. The summed E-state index contributed by atoms with van der Waals surface area (Å²) in [6.45, 7) is 0.765. The lowest BCUT2D eigenvalue weighted by Crippen LogP contribution is -2.50. The summed E-state index contributed by atoms with van der Waals surface area (Å²) >= 11 is 1.55. The number of hydrogen-bond donors (Lipinski definition) is 2. The molecule has 2 amide bonds. The summed E-state index contributed by atoms with van der Waals surface area (Å²) in [5.41, 5.74) is 0. The van der Waals surface area contributed by atoms with Crippen molar-refractivity contribution in [2.45, 2.75) is 38.1 Å². The normalized spacial score (nSPS) is 23.0. The number of nitrogens with one attached hydrogen (secondary N) is 1. The zero-order chi connectivity index (χ0) is 15.2. The van der Waals surface area contributed by atoms with Gasteiger partial charge in [0.25, 0.3) is 0 Å². The number of thioether (sulfide) groups is 1. The van der Waals surface area contributed by atoms with Gasteiger partial charge in [-0.25, -0.2) is 4.79 Å². The number of amides is 2. The lowest BCUT2D eigenvalue weighted by atomic mass is 10.1. The van der Waals surface area contributed by atoms with Crippen molar-refractivity contribution in [3.63, 3.8) is 0 Å². The first kappa shape index (κ1) is 16.1. The standard InChI is InChI=1S/C14H22N2O4S/c17-12(16-7-8-21-9-11(16)14(19)20)5-6-15-13(18)10-3-1-2-4-10/h10-11H,1-9H2,(H,15,18)(H,19,20). The maximum absolute atomic E-state index is 12.1. The van der Waals surface area contributed by atoms with E-state index >= 15 is 0 Å². The minimum absolute atomic E-state index is 0.0317. The third kappa shape index (κ3) is 4.36. The predicted molar refractivity (Wildman–Crippen MR) is 80.0 cm³/mol. The Labute approximate surface area is 128 Å². The molecule has 1 aliphatic carbocycles. The SMILES string of the molecule is O=C(NCCC(=O)N1CCSCC1C(=O)O)C1CCCC1. The Balaban J connectivity index is 1.75. The van der Waals surface area contributed by atoms with E-state index in [1.165, 1.54) is 4.90 Å². The summed E-state index contributed by atoms with van der Waals surface area (Å²) < 4.78 is 0. The minimum atomic E-state index is -0.953. The van der Waals surface area contributed by atoms with E-state index in [0.29, 0.717) is 18.8 Å². The van der Waals surface area contributed by atoms with Crippen molar-refractivity contribution in [3.05, 3.63) is 0 Å². The lowest BCUT2D eigenvalue weighted by molar-refractivity contribution is -0.149. The highest BCUT2D eigenvalue weighted by molar-refractivity contribution is 7.99. The van der Waals surface area contributed by atoms with Crippen LogP contribution in [0.4, 0.5) is 0 Å². The van der Waals surface area contributed by atoms with Crippen molar-refractivity contribution < 1.29 is 19.5 Å². The van der Waals surface area contributed by atoms with E-state index in [1.807, 2.05) is 0 Å². The third-order valence-corrected chi connectivity index (χ3v) is 5.12. The number of carboxylic acid groups (broad SMARTS) is 1. The van der Waals surface area contributed by atoms with Gasteiger partial charge in [0.1, 0.15) is 6.04 Å². The zero-order valence-corrected chi connectivity index (χ0v) is 12.9. The number of carbonyl (C=O) groups is 3. The van der Waals surface area contributed by atoms with Gasteiger partial charge in [0, 0.05) is 36.9 Å². The molecule has 2 N–H and O–H groups in total. The topological polar surface area (TPSA) is 86.7 Å². The summed E-state index contributed by atoms with van der Waals surface area (Å²) in [4.78, 5) is 36.5. The first-order valence-electron chi connectivity index (χ1n) is 7.47.